The van der Waals surface area contributed by atoms with Crippen molar-refractivity contribution in [2.24, 2.45) is 0 Å². The van der Waals surface area contributed by atoms with Crippen LogP contribution in [-0.4, -0.2) is 23.3 Å². The van der Waals surface area contributed by atoms with E-state index in [1.807, 2.05) is 24.3 Å². The highest BCUT2D eigenvalue weighted by atomic mass is 35.5. The number of hydrogen-bond acceptors (Lipinski definition) is 4. The molecule has 3 aromatic rings. The van der Waals surface area contributed by atoms with Crippen molar-refractivity contribution in [3.05, 3.63) is 64.3 Å². The zero-order valence-electron chi connectivity index (χ0n) is 15.5. The summed E-state index contributed by atoms with van der Waals surface area (Å²) in [6.07, 6.45) is 0.914. The molecule has 4 nitrogen and oxygen atoms in total. The minimum Gasteiger partial charge on any atom is -0.461 e. The zero-order valence-corrected chi connectivity index (χ0v) is 16.3. The van der Waals surface area contributed by atoms with Gasteiger partial charge in [0.15, 0.2) is 11.5 Å². The molecule has 0 aliphatic rings. The van der Waals surface area contributed by atoms with E-state index >= 15 is 0 Å². The quantitative estimate of drug-likeness (QED) is 0.432. The molecule has 138 valence electrons. The third kappa shape index (κ3) is 3.71. The van der Waals surface area contributed by atoms with Gasteiger partial charge in [0.2, 0.25) is 0 Å². The van der Waals surface area contributed by atoms with Gasteiger partial charge >= 0.3 is 5.97 Å². The number of benzene rings is 2. The van der Waals surface area contributed by atoms with Crippen molar-refractivity contribution in [1.82, 2.24) is 4.98 Å². The number of carbonyl (C=O) groups excluding carboxylic acids is 2. The topological polar surface area (TPSA) is 56.3 Å². The molecule has 0 amide bonds. The van der Waals surface area contributed by atoms with E-state index in [4.69, 9.17) is 16.3 Å². The highest BCUT2D eigenvalue weighted by Gasteiger charge is 2.25. The number of nitrogens with zero attached hydrogens (tertiary/aromatic N) is 1. The fourth-order valence-corrected chi connectivity index (χ4v) is 3.30. The van der Waals surface area contributed by atoms with Gasteiger partial charge in [0, 0.05) is 16.0 Å². The number of rotatable bonds is 5. The van der Waals surface area contributed by atoms with Gasteiger partial charge in [0.1, 0.15) is 0 Å². The highest BCUT2D eigenvalue weighted by molar-refractivity contribution is 6.31. The minimum absolute atomic E-state index is 0.0359. The molecule has 0 saturated heterocycles. The van der Waals surface area contributed by atoms with Crippen LogP contribution in [0.15, 0.2) is 42.5 Å². The maximum absolute atomic E-state index is 12.5. The van der Waals surface area contributed by atoms with E-state index in [-0.39, 0.29) is 23.6 Å². The molecule has 0 saturated carbocycles. The fourth-order valence-electron chi connectivity index (χ4n) is 3.13. The number of pyridine rings is 1. The molecule has 0 N–H and O–H groups in total. The van der Waals surface area contributed by atoms with Gasteiger partial charge in [-0.15, -0.1) is 0 Å². The first-order valence-electron chi connectivity index (χ1n) is 8.86. The van der Waals surface area contributed by atoms with Crippen LogP contribution in [0.2, 0.25) is 5.02 Å². The Kier molecular flexibility index (Phi) is 5.57. The molecule has 5 heteroatoms. The molecule has 2 aromatic carbocycles. The largest absolute Gasteiger partial charge is 0.461 e. The van der Waals surface area contributed by atoms with Gasteiger partial charge in [-0.2, -0.15) is 0 Å². The number of hydrogen-bond donors (Lipinski definition) is 0. The average molecular weight is 382 g/mol. The molecule has 0 atom stereocenters. The van der Waals surface area contributed by atoms with E-state index in [1.165, 1.54) is 12.5 Å². The molecular formula is C22H20ClNO3. The summed E-state index contributed by atoms with van der Waals surface area (Å²) < 4.78 is 5.14. The number of ketones is 1. The fraction of sp³-hybridized carbons (Fsp3) is 0.227. The first kappa shape index (κ1) is 19.1. The molecule has 27 heavy (non-hydrogen) atoms. The van der Waals surface area contributed by atoms with Gasteiger partial charge in [-0.05, 0) is 49.6 Å². The highest BCUT2D eigenvalue weighted by Crippen LogP contribution is 2.35. The summed E-state index contributed by atoms with van der Waals surface area (Å²) >= 11 is 6.21. The third-order valence-electron chi connectivity index (χ3n) is 4.42. The van der Waals surface area contributed by atoms with Gasteiger partial charge in [-0.3, -0.25) is 4.79 Å². The monoisotopic (exact) mass is 381 g/mol. The first-order valence-corrected chi connectivity index (χ1v) is 9.24. The predicted molar refractivity (Wildman–Crippen MR) is 108 cm³/mol. The lowest BCUT2D eigenvalue weighted by atomic mass is 9.91. The Morgan fingerprint density at radius 2 is 1.78 bits per heavy atom. The number of fused-ring (bicyclic) bond motifs is 1. The summed E-state index contributed by atoms with van der Waals surface area (Å²) in [7, 11) is 0. The van der Waals surface area contributed by atoms with E-state index in [9.17, 15) is 9.59 Å². The molecule has 0 unspecified atom stereocenters. The summed E-state index contributed by atoms with van der Waals surface area (Å²) in [5.41, 5.74) is 3.55. The van der Waals surface area contributed by atoms with Crippen molar-refractivity contribution in [3.8, 4) is 11.1 Å². The molecule has 1 aromatic heterocycles. The summed E-state index contributed by atoms with van der Waals surface area (Å²) in [4.78, 5) is 29.5. The Balaban J connectivity index is 2.41. The summed E-state index contributed by atoms with van der Waals surface area (Å²) in [5.74, 6) is -0.854. The Morgan fingerprint density at radius 1 is 1.07 bits per heavy atom. The van der Waals surface area contributed by atoms with Crippen LogP contribution in [0.25, 0.3) is 22.0 Å². The van der Waals surface area contributed by atoms with E-state index in [2.05, 4.69) is 11.9 Å². The molecular weight excluding hydrogens is 362 g/mol. The molecule has 1 heterocycles. The van der Waals surface area contributed by atoms with E-state index < -0.39 is 5.97 Å². The minimum atomic E-state index is -0.606. The summed E-state index contributed by atoms with van der Waals surface area (Å²) in [5, 5.41) is 1.26. The maximum Gasteiger partial charge on any atom is 0.357 e. The zero-order chi connectivity index (χ0) is 19.6. The Bertz CT molecular complexity index is 1030. The van der Waals surface area contributed by atoms with Crippen molar-refractivity contribution >= 4 is 34.3 Å². The maximum atomic E-state index is 12.5. The lowest BCUT2D eigenvalue weighted by Gasteiger charge is -2.15. The molecule has 0 bridgehead atoms. The van der Waals surface area contributed by atoms with Crippen LogP contribution in [0.5, 0.6) is 0 Å². The second-order valence-electron chi connectivity index (χ2n) is 6.20. The average Bonchev–Trinajstić information content (AvgIpc) is 2.66. The number of ether oxygens (including phenoxy) is 1. The lowest BCUT2D eigenvalue weighted by molar-refractivity contribution is 0.0516. The molecule has 0 fully saturated rings. The smallest absolute Gasteiger partial charge is 0.357 e. The van der Waals surface area contributed by atoms with Crippen molar-refractivity contribution in [2.75, 3.05) is 6.61 Å². The van der Waals surface area contributed by atoms with Gasteiger partial charge in [0.25, 0.3) is 0 Å². The van der Waals surface area contributed by atoms with E-state index in [0.717, 1.165) is 17.4 Å². The van der Waals surface area contributed by atoms with E-state index in [1.54, 1.807) is 25.1 Å². The van der Waals surface area contributed by atoms with Crippen LogP contribution < -0.4 is 0 Å². The van der Waals surface area contributed by atoms with Gasteiger partial charge in [-0.1, -0.05) is 42.8 Å². The van der Waals surface area contributed by atoms with Crippen molar-refractivity contribution in [3.63, 3.8) is 0 Å². The Hall–Kier alpha value is -2.72. The Labute approximate surface area is 163 Å². The molecule has 3 rings (SSSR count). The standard InChI is InChI=1S/C22H20ClNO3/c1-4-14-6-8-15(9-7-14)20-17-12-16(23)10-11-18(17)24-21(19(20)13(3)25)22(26)27-5-2/h6-12H,4-5H2,1-3H3. The number of aryl methyl sites for hydroxylation is 1. The summed E-state index contributed by atoms with van der Waals surface area (Å²) in [6, 6.07) is 13.2. The molecule has 0 aliphatic carbocycles. The van der Waals surface area contributed by atoms with Crippen LogP contribution in [-0.2, 0) is 11.2 Å². The van der Waals surface area contributed by atoms with Crippen LogP contribution in [0.3, 0.4) is 0 Å². The van der Waals surface area contributed by atoms with Crippen LogP contribution >= 0.6 is 11.6 Å². The SMILES string of the molecule is CCOC(=O)c1nc2ccc(Cl)cc2c(-c2ccc(CC)cc2)c1C(C)=O. The van der Waals surface area contributed by atoms with Crippen molar-refractivity contribution in [2.45, 2.75) is 27.2 Å². The second-order valence-corrected chi connectivity index (χ2v) is 6.64. The van der Waals surface area contributed by atoms with Crippen molar-refractivity contribution in [1.29, 1.82) is 0 Å². The normalized spacial score (nSPS) is 10.8. The predicted octanol–water partition coefficient (Wildman–Crippen LogP) is 5.50. The number of halogens is 1. The Morgan fingerprint density at radius 3 is 2.37 bits per heavy atom. The number of carbonyl (C=O) groups is 2. The summed E-state index contributed by atoms with van der Waals surface area (Å²) in [6.45, 7) is 5.43. The number of esters is 1. The van der Waals surface area contributed by atoms with Gasteiger partial charge < -0.3 is 4.74 Å². The van der Waals surface area contributed by atoms with Crippen LogP contribution in [0.4, 0.5) is 0 Å². The van der Waals surface area contributed by atoms with Gasteiger partial charge in [-0.25, -0.2) is 9.78 Å². The first-order chi connectivity index (χ1) is 13.0. The molecule has 0 spiro atoms. The molecule has 0 radical (unpaired) electrons. The van der Waals surface area contributed by atoms with Crippen LogP contribution in [0, 0.1) is 0 Å². The van der Waals surface area contributed by atoms with Crippen molar-refractivity contribution < 1.29 is 14.3 Å². The molecule has 0 aliphatic heterocycles. The second kappa shape index (κ2) is 7.89. The number of Topliss-reactive ketones (excluding diaryl/α,β-unsaturated/α-hetero) is 1. The van der Waals surface area contributed by atoms with Gasteiger partial charge in [0.05, 0.1) is 17.7 Å². The van der Waals surface area contributed by atoms with E-state index in [0.29, 0.717) is 16.1 Å². The third-order valence-corrected chi connectivity index (χ3v) is 4.65. The lowest BCUT2D eigenvalue weighted by Crippen LogP contribution is -2.15. The van der Waals surface area contributed by atoms with Crippen LogP contribution in [0.1, 0.15) is 47.2 Å². The number of aromatic nitrogens is 1.